The van der Waals surface area contributed by atoms with Crippen LogP contribution < -0.4 is 5.32 Å². The van der Waals surface area contributed by atoms with Crippen LogP contribution in [0.2, 0.25) is 0 Å². The maximum Gasteiger partial charge on any atom is 0.326 e. The minimum atomic E-state index is -3.11. The number of carboxylic acids is 1. The molecule has 0 heterocycles. The zero-order valence-corrected chi connectivity index (χ0v) is 12.6. The minimum absolute atomic E-state index is 0.00829. The van der Waals surface area contributed by atoms with Crippen LogP contribution in [0.3, 0.4) is 0 Å². The number of benzene rings is 1. The highest BCUT2D eigenvalue weighted by Crippen LogP contribution is 2.04. The molecule has 0 aliphatic rings. The van der Waals surface area contributed by atoms with Gasteiger partial charge in [0.2, 0.25) is 5.91 Å². The first-order valence-electron chi connectivity index (χ1n) is 6.52. The first-order valence-corrected chi connectivity index (χ1v) is 8.58. The van der Waals surface area contributed by atoms with Crippen LogP contribution in [0.25, 0.3) is 0 Å². The van der Waals surface area contributed by atoms with Gasteiger partial charge in [-0.25, -0.2) is 13.2 Å². The fourth-order valence-corrected chi connectivity index (χ4v) is 2.48. The molecule has 0 spiro atoms. The molecule has 7 heteroatoms. The number of nitrogens with one attached hydrogen (secondary N) is 1. The van der Waals surface area contributed by atoms with Crippen LogP contribution >= 0.6 is 0 Å². The van der Waals surface area contributed by atoms with Crippen molar-refractivity contribution < 1.29 is 23.1 Å². The molecule has 0 saturated carbocycles. The number of hydrogen-bond donors (Lipinski definition) is 2. The van der Waals surface area contributed by atoms with E-state index in [1.807, 2.05) is 6.07 Å². The number of sulfone groups is 1. The van der Waals surface area contributed by atoms with Gasteiger partial charge in [-0.1, -0.05) is 30.3 Å². The van der Waals surface area contributed by atoms with Crippen molar-refractivity contribution in [3.8, 4) is 0 Å². The van der Waals surface area contributed by atoms with Crippen LogP contribution in [-0.4, -0.2) is 43.5 Å². The number of hydrogen-bond acceptors (Lipinski definition) is 4. The van der Waals surface area contributed by atoms with E-state index in [1.54, 1.807) is 24.3 Å². The fourth-order valence-electron chi connectivity index (χ4n) is 1.81. The second-order valence-corrected chi connectivity index (χ2v) is 7.14. The Labute approximate surface area is 124 Å². The van der Waals surface area contributed by atoms with Crippen molar-refractivity contribution in [2.24, 2.45) is 0 Å². The number of carbonyl (C=O) groups is 2. The molecule has 6 nitrogen and oxygen atoms in total. The normalized spacial score (nSPS) is 12.6. The molecule has 0 aliphatic carbocycles. The van der Waals surface area contributed by atoms with E-state index in [2.05, 4.69) is 5.32 Å². The molecule has 0 saturated heterocycles. The van der Waals surface area contributed by atoms with Crippen LogP contribution in [0, 0.1) is 0 Å². The standard InChI is InChI=1S/C14H19NO5S/c1-21(19,20)9-5-8-13(16)15-12(14(17)18)10-11-6-3-2-4-7-11/h2-4,6-7,12H,5,8-10H2,1H3,(H,15,16)(H,17,18)/t12-/m0/s1. The third-order valence-electron chi connectivity index (χ3n) is 2.83. The third-order valence-corrected chi connectivity index (χ3v) is 3.87. The highest BCUT2D eigenvalue weighted by atomic mass is 32.2. The molecule has 2 N–H and O–H groups in total. The van der Waals surface area contributed by atoms with Gasteiger partial charge in [-0.2, -0.15) is 0 Å². The quantitative estimate of drug-likeness (QED) is 0.733. The zero-order valence-electron chi connectivity index (χ0n) is 11.8. The van der Waals surface area contributed by atoms with Crippen molar-refractivity contribution in [2.45, 2.75) is 25.3 Å². The molecule has 21 heavy (non-hydrogen) atoms. The number of rotatable bonds is 8. The second kappa shape index (κ2) is 7.78. The molecule has 0 bridgehead atoms. The van der Waals surface area contributed by atoms with Gasteiger partial charge in [0.15, 0.2) is 0 Å². The summed E-state index contributed by atoms with van der Waals surface area (Å²) in [4.78, 5) is 22.8. The molecule has 0 aliphatic heterocycles. The lowest BCUT2D eigenvalue weighted by Crippen LogP contribution is -2.42. The Morgan fingerprint density at radius 2 is 1.86 bits per heavy atom. The average molecular weight is 313 g/mol. The molecular weight excluding hydrogens is 294 g/mol. The monoisotopic (exact) mass is 313 g/mol. The Kier molecular flexibility index (Phi) is 6.36. The summed E-state index contributed by atoms with van der Waals surface area (Å²) in [6, 6.07) is 7.96. The van der Waals surface area contributed by atoms with Crippen LogP contribution in [0.5, 0.6) is 0 Å². The van der Waals surface area contributed by atoms with Gasteiger partial charge < -0.3 is 10.4 Å². The van der Waals surface area contributed by atoms with E-state index in [9.17, 15) is 18.0 Å². The van der Waals surface area contributed by atoms with Gasteiger partial charge in [0.05, 0.1) is 5.75 Å². The molecule has 1 amide bonds. The zero-order chi connectivity index (χ0) is 15.9. The largest absolute Gasteiger partial charge is 0.480 e. The summed E-state index contributed by atoms with van der Waals surface area (Å²) in [5, 5.41) is 11.5. The molecule has 0 fully saturated rings. The van der Waals surface area contributed by atoms with Crippen LogP contribution in [-0.2, 0) is 25.8 Å². The molecule has 116 valence electrons. The lowest BCUT2D eigenvalue weighted by Gasteiger charge is -2.14. The van der Waals surface area contributed by atoms with E-state index < -0.39 is 27.8 Å². The maximum atomic E-state index is 11.7. The summed E-state index contributed by atoms with van der Waals surface area (Å²) in [5.74, 6) is -1.66. The van der Waals surface area contributed by atoms with Crippen LogP contribution in [0.1, 0.15) is 18.4 Å². The van der Waals surface area contributed by atoms with Gasteiger partial charge in [0, 0.05) is 19.1 Å². The molecule has 0 radical (unpaired) electrons. The summed E-state index contributed by atoms with van der Waals surface area (Å²) in [6.45, 7) is 0. The predicted octanol–water partition coefficient (Wildman–Crippen LogP) is 0.623. The van der Waals surface area contributed by atoms with Crippen molar-refractivity contribution in [1.82, 2.24) is 5.32 Å². The first-order chi connectivity index (χ1) is 9.78. The summed E-state index contributed by atoms with van der Waals surface area (Å²) in [7, 11) is -3.11. The van der Waals surface area contributed by atoms with Gasteiger partial charge >= 0.3 is 5.97 Å². The van der Waals surface area contributed by atoms with Crippen molar-refractivity contribution in [2.75, 3.05) is 12.0 Å². The van der Waals surface area contributed by atoms with Gasteiger partial charge in [0.1, 0.15) is 15.9 Å². The Bertz CT molecular complexity index is 583. The third kappa shape index (κ3) is 7.45. The van der Waals surface area contributed by atoms with E-state index in [0.717, 1.165) is 11.8 Å². The average Bonchev–Trinajstić information content (AvgIpc) is 2.37. The highest BCUT2D eigenvalue weighted by molar-refractivity contribution is 7.90. The number of carboxylic acid groups (broad SMARTS) is 1. The Balaban J connectivity index is 2.51. The lowest BCUT2D eigenvalue weighted by molar-refractivity contribution is -0.141. The first kappa shape index (κ1) is 17.2. The highest BCUT2D eigenvalue weighted by Gasteiger charge is 2.20. The van der Waals surface area contributed by atoms with E-state index in [4.69, 9.17) is 5.11 Å². The summed E-state index contributed by atoms with van der Waals surface area (Å²) >= 11 is 0. The maximum absolute atomic E-state index is 11.7. The number of amides is 1. The molecule has 1 aromatic rings. The van der Waals surface area contributed by atoms with Crippen LogP contribution in [0.4, 0.5) is 0 Å². The van der Waals surface area contributed by atoms with Crippen molar-refractivity contribution in [3.05, 3.63) is 35.9 Å². The summed E-state index contributed by atoms with van der Waals surface area (Å²) in [6.07, 6.45) is 1.46. The Hall–Kier alpha value is -1.89. The topological polar surface area (TPSA) is 101 Å². The summed E-state index contributed by atoms with van der Waals surface area (Å²) < 4.78 is 21.9. The van der Waals surface area contributed by atoms with Gasteiger partial charge in [-0.05, 0) is 12.0 Å². The van der Waals surface area contributed by atoms with Crippen molar-refractivity contribution in [1.29, 1.82) is 0 Å². The van der Waals surface area contributed by atoms with Gasteiger partial charge in [-0.15, -0.1) is 0 Å². The fraction of sp³-hybridized carbons (Fsp3) is 0.429. The van der Waals surface area contributed by atoms with Crippen LogP contribution in [0.15, 0.2) is 30.3 Å². The van der Waals surface area contributed by atoms with Crippen molar-refractivity contribution in [3.63, 3.8) is 0 Å². The van der Waals surface area contributed by atoms with Gasteiger partial charge in [-0.3, -0.25) is 4.79 Å². The van der Waals surface area contributed by atoms with Crippen molar-refractivity contribution >= 4 is 21.7 Å². The van der Waals surface area contributed by atoms with E-state index in [-0.39, 0.29) is 25.0 Å². The second-order valence-electron chi connectivity index (χ2n) is 4.88. The predicted molar refractivity (Wildman–Crippen MR) is 78.7 cm³/mol. The molecule has 1 aromatic carbocycles. The Morgan fingerprint density at radius 3 is 2.38 bits per heavy atom. The number of carbonyl (C=O) groups excluding carboxylic acids is 1. The summed E-state index contributed by atoms with van der Waals surface area (Å²) in [5.41, 5.74) is 0.807. The molecule has 1 atom stereocenters. The van der Waals surface area contributed by atoms with E-state index >= 15 is 0 Å². The van der Waals surface area contributed by atoms with E-state index in [0.29, 0.717) is 0 Å². The Morgan fingerprint density at radius 1 is 1.24 bits per heavy atom. The molecular formula is C14H19NO5S. The van der Waals surface area contributed by atoms with Gasteiger partial charge in [0.25, 0.3) is 0 Å². The smallest absolute Gasteiger partial charge is 0.326 e. The molecule has 0 aromatic heterocycles. The molecule has 0 unspecified atom stereocenters. The number of aliphatic carboxylic acids is 1. The molecule has 1 rings (SSSR count). The lowest BCUT2D eigenvalue weighted by atomic mass is 10.1. The van der Waals surface area contributed by atoms with E-state index in [1.165, 1.54) is 0 Å². The SMILES string of the molecule is CS(=O)(=O)CCCC(=O)N[C@@H](Cc1ccccc1)C(=O)O. The minimum Gasteiger partial charge on any atom is -0.480 e.